The van der Waals surface area contributed by atoms with Crippen LogP contribution in [0.4, 0.5) is 0 Å². The van der Waals surface area contributed by atoms with Crippen LogP contribution in [0.3, 0.4) is 0 Å². The van der Waals surface area contributed by atoms with E-state index in [1.165, 1.54) is 106 Å². The van der Waals surface area contributed by atoms with Crippen LogP contribution in [0, 0.1) is 17.8 Å². The highest BCUT2D eigenvalue weighted by Gasteiger charge is 2.20. The molecule has 0 aromatic carbocycles. The normalized spacial score (nSPS) is 14.6. The summed E-state index contributed by atoms with van der Waals surface area (Å²) >= 11 is 0. The lowest BCUT2D eigenvalue weighted by Crippen LogP contribution is -2.14. The minimum atomic E-state index is 0.532. The van der Waals surface area contributed by atoms with Crippen LogP contribution in [0.15, 0.2) is 132 Å². The molecule has 0 heteroatoms. The Bertz CT molecular complexity index is 1130. The van der Waals surface area contributed by atoms with Crippen LogP contribution in [-0.4, -0.2) is 0 Å². The number of hydrogen-bond acceptors (Lipinski definition) is 0. The van der Waals surface area contributed by atoms with E-state index >= 15 is 0 Å². The van der Waals surface area contributed by atoms with Gasteiger partial charge >= 0.3 is 0 Å². The molecule has 0 nitrogen and oxygen atoms in total. The van der Waals surface area contributed by atoms with Crippen molar-refractivity contribution in [2.75, 3.05) is 0 Å². The van der Waals surface area contributed by atoms with Gasteiger partial charge in [0.05, 0.1) is 0 Å². The molecule has 0 N–H and O–H groups in total. The fraction of sp³-hybridized carbons (Fsp3) is 0.600. The summed E-state index contributed by atoms with van der Waals surface area (Å²) in [6, 6.07) is 0. The minimum absolute atomic E-state index is 0.532. The predicted octanol–water partition coefficient (Wildman–Crippen LogP) is 19.8. The molecule has 1 atom stereocenters. The van der Waals surface area contributed by atoms with Gasteiger partial charge < -0.3 is 0 Å². The molecule has 0 aromatic rings. The molecule has 0 aliphatic heterocycles. The van der Waals surface area contributed by atoms with E-state index in [-0.39, 0.29) is 0 Å². The minimum Gasteiger partial charge on any atom is -0.0991 e. The third-order valence-corrected chi connectivity index (χ3v) is 9.03. The highest BCUT2D eigenvalue weighted by molar-refractivity contribution is 5.42. The fourth-order valence-corrected chi connectivity index (χ4v) is 5.06. The molecular formula is C55H98. The van der Waals surface area contributed by atoms with E-state index in [2.05, 4.69) is 154 Å². The van der Waals surface area contributed by atoms with Crippen molar-refractivity contribution in [1.29, 1.82) is 0 Å². The third-order valence-electron chi connectivity index (χ3n) is 9.03. The molecule has 0 spiro atoms. The molecule has 1 aliphatic carbocycles. The van der Waals surface area contributed by atoms with Crippen molar-refractivity contribution in [2.24, 2.45) is 17.8 Å². The second kappa shape index (κ2) is 47.3. The lowest BCUT2D eigenvalue weighted by Gasteiger charge is -2.27. The first-order valence-corrected chi connectivity index (χ1v) is 22.5. The molecule has 0 amide bonds. The largest absolute Gasteiger partial charge is 0.0991 e. The van der Waals surface area contributed by atoms with Gasteiger partial charge in [-0.3, -0.25) is 0 Å². The van der Waals surface area contributed by atoms with E-state index in [9.17, 15) is 0 Å². The summed E-state index contributed by atoms with van der Waals surface area (Å²) in [7, 11) is 0. The second-order valence-corrected chi connectivity index (χ2v) is 15.3. The summed E-state index contributed by atoms with van der Waals surface area (Å²) < 4.78 is 0. The van der Waals surface area contributed by atoms with Gasteiger partial charge in [0.2, 0.25) is 0 Å². The summed E-state index contributed by atoms with van der Waals surface area (Å²) in [5.74, 6) is 2.16. The van der Waals surface area contributed by atoms with Crippen LogP contribution >= 0.6 is 0 Å². The SMILES string of the molecule is C=C\C=C/C(=C\C(C)=C\C1=C(C)CCC(C(C)C)C1)C(C)C.C=C\C=C/C=C(C)/C(C=C)=C/C=C(C)C.CC.CCCC.CCCCC.CCCCCCC. The fourth-order valence-electron chi connectivity index (χ4n) is 5.06. The summed E-state index contributed by atoms with van der Waals surface area (Å²) in [6.07, 6.45) is 42.1. The maximum atomic E-state index is 3.81. The Morgan fingerprint density at radius 3 is 1.58 bits per heavy atom. The van der Waals surface area contributed by atoms with Gasteiger partial charge in [0, 0.05) is 0 Å². The maximum absolute atomic E-state index is 3.81. The summed E-state index contributed by atoms with van der Waals surface area (Å²) in [5.41, 5.74) is 9.49. The first-order valence-electron chi connectivity index (χ1n) is 22.5. The molecule has 1 unspecified atom stereocenters. The third kappa shape index (κ3) is 43.7. The monoisotopic (exact) mass is 759 g/mol. The molecule has 0 bridgehead atoms. The summed E-state index contributed by atoms with van der Waals surface area (Å²) in [4.78, 5) is 0. The van der Waals surface area contributed by atoms with Gasteiger partial charge in [0.1, 0.15) is 0 Å². The van der Waals surface area contributed by atoms with Gasteiger partial charge in [-0.25, -0.2) is 0 Å². The van der Waals surface area contributed by atoms with Crippen molar-refractivity contribution >= 4 is 0 Å². The number of hydrogen-bond donors (Lipinski definition) is 0. The average Bonchev–Trinajstić information content (AvgIpc) is 3.16. The zero-order chi connectivity index (χ0) is 43.5. The number of rotatable bonds is 18. The van der Waals surface area contributed by atoms with Crippen LogP contribution in [0.1, 0.15) is 201 Å². The van der Waals surface area contributed by atoms with Gasteiger partial charge in [0.15, 0.2) is 0 Å². The quantitative estimate of drug-likeness (QED) is 0.0964. The molecular weight excluding hydrogens is 661 g/mol. The molecule has 0 aromatic heterocycles. The average molecular weight is 759 g/mol. The Morgan fingerprint density at radius 2 is 1.20 bits per heavy atom. The van der Waals surface area contributed by atoms with Crippen LogP contribution in [0.25, 0.3) is 0 Å². The molecule has 0 heterocycles. The van der Waals surface area contributed by atoms with Gasteiger partial charge in [0.25, 0.3) is 0 Å². The van der Waals surface area contributed by atoms with Crippen molar-refractivity contribution in [3.8, 4) is 0 Å². The smallest absolute Gasteiger partial charge is 0.0219 e. The Kier molecular flexibility index (Phi) is 52.8. The summed E-state index contributed by atoms with van der Waals surface area (Å²) in [5, 5.41) is 0. The van der Waals surface area contributed by atoms with Crippen LogP contribution in [0.2, 0.25) is 0 Å². The van der Waals surface area contributed by atoms with Gasteiger partial charge in [-0.1, -0.05) is 257 Å². The molecule has 1 aliphatic rings. The standard InChI is InChI=1S/C22H34.C15H20.C7H16.C5H12.C4H10.C2H6/c1-8-9-10-20(16(2)3)13-18(6)14-22-15-21(17(4)5)12-11-19(22)7;1-6-8-9-10-14(5)15(7-2)12-11-13(3)4;1-3-5-7-6-4-2;1-3-5-4-2;1-3-4-2;1-2/h8-10,13-14,16-17,21H,1,11-12,15H2,2-7H3;6-12H,1-2H2,3-5H3;3-7H2,1-2H3;3-5H2,1-2H3;3-4H2,1-2H3;1-2H3/b10-9-,18-14+,20-13+;9-8-,14-10+,15-12+;;;;. The topological polar surface area (TPSA) is 0 Å². The first kappa shape index (κ1) is 61.4. The molecule has 0 radical (unpaired) electrons. The summed E-state index contributed by atoms with van der Waals surface area (Å²) in [6.45, 7) is 48.4. The van der Waals surface area contributed by atoms with Crippen LogP contribution in [-0.2, 0) is 0 Å². The van der Waals surface area contributed by atoms with Crippen molar-refractivity contribution in [3.05, 3.63) is 132 Å². The van der Waals surface area contributed by atoms with Gasteiger partial charge in [-0.05, 0) is 93.9 Å². The van der Waals surface area contributed by atoms with E-state index in [1.807, 2.05) is 50.3 Å². The lowest BCUT2D eigenvalue weighted by atomic mass is 9.78. The predicted molar refractivity (Wildman–Crippen MR) is 263 cm³/mol. The van der Waals surface area contributed by atoms with Crippen molar-refractivity contribution < 1.29 is 0 Å². The van der Waals surface area contributed by atoms with E-state index < -0.39 is 0 Å². The van der Waals surface area contributed by atoms with Crippen LogP contribution in [0.5, 0.6) is 0 Å². The van der Waals surface area contributed by atoms with Crippen molar-refractivity contribution in [2.45, 2.75) is 201 Å². The van der Waals surface area contributed by atoms with Crippen LogP contribution < -0.4 is 0 Å². The Morgan fingerprint density at radius 1 is 0.673 bits per heavy atom. The number of allylic oxidation sites excluding steroid dienone is 19. The Hall–Kier alpha value is -2.86. The molecule has 1 rings (SSSR count). The van der Waals surface area contributed by atoms with Gasteiger partial charge in [-0.15, -0.1) is 0 Å². The molecule has 0 saturated heterocycles. The molecule has 0 fully saturated rings. The lowest BCUT2D eigenvalue weighted by molar-refractivity contribution is 0.344. The maximum Gasteiger partial charge on any atom is -0.0219 e. The Labute approximate surface area is 349 Å². The highest BCUT2D eigenvalue weighted by atomic mass is 14.3. The Balaban J connectivity index is -0.000000217. The highest BCUT2D eigenvalue weighted by Crippen LogP contribution is 2.35. The van der Waals surface area contributed by atoms with E-state index in [4.69, 9.17) is 0 Å². The number of unbranched alkanes of at least 4 members (excludes halogenated alkanes) is 7. The zero-order valence-electron chi connectivity index (χ0n) is 40.5. The van der Waals surface area contributed by atoms with E-state index in [0.29, 0.717) is 5.92 Å². The molecule has 55 heavy (non-hydrogen) atoms. The molecule has 0 saturated carbocycles. The zero-order valence-corrected chi connectivity index (χ0v) is 40.5. The molecule has 318 valence electrons. The van der Waals surface area contributed by atoms with E-state index in [0.717, 1.165) is 17.4 Å². The van der Waals surface area contributed by atoms with Gasteiger partial charge in [-0.2, -0.15) is 0 Å². The van der Waals surface area contributed by atoms with E-state index in [1.54, 1.807) is 17.2 Å². The second-order valence-electron chi connectivity index (χ2n) is 15.3. The van der Waals surface area contributed by atoms with Crippen molar-refractivity contribution in [3.63, 3.8) is 0 Å². The first-order chi connectivity index (χ1) is 26.2. The van der Waals surface area contributed by atoms with Crippen molar-refractivity contribution in [1.82, 2.24) is 0 Å².